The minimum atomic E-state index is -0.689. The number of carbonyl (C=O) groups is 2. The molecule has 1 aromatic carbocycles. The van der Waals surface area contributed by atoms with Gasteiger partial charge >= 0.3 is 0 Å². The fourth-order valence-electron chi connectivity index (χ4n) is 6.12. The van der Waals surface area contributed by atoms with Gasteiger partial charge in [0.1, 0.15) is 5.75 Å². The van der Waals surface area contributed by atoms with Gasteiger partial charge in [-0.05, 0) is 49.8 Å². The van der Waals surface area contributed by atoms with E-state index >= 15 is 0 Å². The Labute approximate surface area is 183 Å². The number of nitrogens with one attached hydrogen (secondary N) is 2. The molecule has 1 aromatic rings. The average molecular weight is 428 g/mol. The molecule has 6 rings (SSSR count). The molecule has 4 atom stereocenters. The quantitative estimate of drug-likeness (QED) is 0.704. The highest BCUT2D eigenvalue weighted by Crippen LogP contribution is 2.58. The van der Waals surface area contributed by atoms with Crippen molar-refractivity contribution < 1.29 is 19.1 Å². The SMILES string of the molecule is CC12CCC(CC1C(=O)NCCCN1CCOCC1)C1(C2)NC(=O)c2ccccc2O1. The summed E-state index contributed by atoms with van der Waals surface area (Å²) in [6.07, 6.45) is 4.36. The van der Waals surface area contributed by atoms with Crippen LogP contribution in [0.3, 0.4) is 0 Å². The summed E-state index contributed by atoms with van der Waals surface area (Å²) in [7, 11) is 0. The van der Waals surface area contributed by atoms with Crippen LogP contribution in [0.2, 0.25) is 0 Å². The first-order chi connectivity index (χ1) is 15.0. The molecule has 2 N–H and O–H groups in total. The van der Waals surface area contributed by atoms with Crippen LogP contribution < -0.4 is 15.4 Å². The Hall–Kier alpha value is -2.12. The Morgan fingerprint density at radius 2 is 2.10 bits per heavy atom. The first-order valence-electron chi connectivity index (χ1n) is 11.7. The number of fused-ring (bicyclic) bond motifs is 3. The van der Waals surface area contributed by atoms with Crippen molar-refractivity contribution in [3.05, 3.63) is 29.8 Å². The number of ether oxygens (including phenoxy) is 2. The largest absolute Gasteiger partial charge is 0.467 e. The summed E-state index contributed by atoms with van der Waals surface area (Å²) in [4.78, 5) is 28.3. The summed E-state index contributed by atoms with van der Waals surface area (Å²) in [6.45, 7) is 7.46. The van der Waals surface area contributed by atoms with Gasteiger partial charge in [-0.1, -0.05) is 19.1 Å². The lowest BCUT2D eigenvalue weighted by atomic mass is 9.52. The van der Waals surface area contributed by atoms with E-state index in [1.54, 1.807) is 6.07 Å². The maximum absolute atomic E-state index is 13.1. The molecule has 2 amide bonds. The molecule has 2 bridgehead atoms. The van der Waals surface area contributed by atoms with Gasteiger partial charge in [0.25, 0.3) is 5.91 Å². The van der Waals surface area contributed by atoms with Gasteiger partial charge in [0.2, 0.25) is 5.91 Å². The second-order valence-corrected chi connectivity index (χ2v) is 9.90. The number of benzene rings is 1. The van der Waals surface area contributed by atoms with Gasteiger partial charge in [-0.25, -0.2) is 0 Å². The zero-order valence-electron chi connectivity index (χ0n) is 18.3. The summed E-state index contributed by atoms with van der Waals surface area (Å²) in [6, 6.07) is 7.43. The lowest BCUT2D eigenvalue weighted by Gasteiger charge is -2.59. The number of amides is 2. The first-order valence-corrected chi connectivity index (χ1v) is 11.7. The van der Waals surface area contributed by atoms with E-state index in [0.29, 0.717) is 24.3 Å². The molecular formula is C24H33N3O4. The fourth-order valence-corrected chi connectivity index (χ4v) is 6.12. The Morgan fingerprint density at radius 1 is 1.29 bits per heavy atom. The van der Waals surface area contributed by atoms with Gasteiger partial charge in [0.05, 0.1) is 18.8 Å². The van der Waals surface area contributed by atoms with Crippen LogP contribution in [0.15, 0.2) is 24.3 Å². The lowest BCUT2D eigenvalue weighted by Crippen LogP contribution is -2.69. The highest BCUT2D eigenvalue weighted by atomic mass is 16.5. The summed E-state index contributed by atoms with van der Waals surface area (Å²) < 4.78 is 11.8. The molecule has 5 aliphatic rings. The summed E-state index contributed by atoms with van der Waals surface area (Å²) in [5, 5.41) is 6.38. The molecule has 7 nitrogen and oxygen atoms in total. The zero-order valence-corrected chi connectivity index (χ0v) is 18.3. The fraction of sp³-hybridized carbons (Fsp3) is 0.667. The van der Waals surface area contributed by atoms with E-state index in [1.165, 1.54) is 0 Å². The van der Waals surface area contributed by atoms with Crippen LogP contribution in [0, 0.1) is 17.3 Å². The number of hydrogen-bond donors (Lipinski definition) is 2. The van der Waals surface area contributed by atoms with Gasteiger partial charge in [-0.15, -0.1) is 0 Å². The first kappa shape index (κ1) is 20.8. The van der Waals surface area contributed by atoms with E-state index < -0.39 is 5.72 Å². The highest BCUT2D eigenvalue weighted by molar-refractivity contribution is 5.98. The van der Waals surface area contributed by atoms with Crippen molar-refractivity contribution in [2.45, 2.75) is 44.8 Å². The van der Waals surface area contributed by atoms with Gasteiger partial charge in [0.15, 0.2) is 5.72 Å². The number of para-hydroxylation sites is 1. The lowest BCUT2D eigenvalue weighted by molar-refractivity contribution is -0.167. The molecule has 31 heavy (non-hydrogen) atoms. The van der Waals surface area contributed by atoms with E-state index in [-0.39, 0.29) is 29.1 Å². The second kappa shape index (κ2) is 8.10. The van der Waals surface area contributed by atoms with Crippen molar-refractivity contribution in [3.8, 4) is 5.75 Å². The van der Waals surface area contributed by atoms with Gasteiger partial charge in [0, 0.05) is 37.9 Å². The third-order valence-corrected chi connectivity index (χ3v) is 7.87. The van der Waals surface area contributed by atoms with Crippen molar-refractivity contribution in [2.75, 3.05) is 39.4 Å². The highest BCUT2D eigenvalue weighted by Gasteiger charge is 2.61. The molecule has 168 valence electrons. The Balaban J connectivity index is 1.21. The smallest absolute Gasteiger partial charge is 0.258 e. The van der Waals surface area contributed by atoms with Crippen LogP contribution in [-0.4, -0.2) is 61.8 Å². The minimum Gasteiger partial charge on any atom is -0.467 e. The van der Waals surface area contributed by atoms with Crippen LogP contribution in [0.25, 0.3) is 0 Å². The Morgan fingerprint density at radius 3 is 2.90 bits per heavy atom. The molecule has 0 radical (unpaired) electrons. The predicted octanol–water partition coefficient (Wildman–Crippen LogP) is 2.17. The number of morpholine rings is 1. The molecule has 4 fully saturated rings. The van der Waals surface area contributed by atoms with Gasteiger partial charge in [-0.2, -0.15) is 0 Å². The Kier molecular flexibility index (Phi) is 5.42. The number of hydrogen-bond acceptors (Lipinski definition) is 5. The molecule has 3 aliphatic carbocycles. The summed E-state index contributed by atoms with van der Waals surface area (Å²) in [5.41, 5.74) is -0.275. The van der Waals surface area contributed by atoms with Crippen LogP contribution in [0.1, 0.15) is 49.4 Å². The molecule has 1 saturated heterocycles. The van der Waals surface area contributed by atoms with E-state index in [1.807, 2.05) is 18.2 Å². The molecule has 7 heteroatoms. The van der Waals surface area contributed by atoms with Crippen LogP contribution in [0.4, 0.5) is 0 Å². The average Bonchev–Trinajstić information content (AvgIpc) is 2.77. The van der Waals surface area contributed by atoms with E-state index in [9.17, 15) is 9.59 Å². The zero-order chi connectivity index (χ0) is 21.5. The number of nitrogens with zero attached hydrogens (tertiary/aromatic N) is 1. The molecular weight excluding hydrogens is 394 g/mol. The van der Waals surface area contributed by atoms with E-state index in [4.69, 9.17) is 9.47 Å². The van der Waals surface area contributed by atoms with E-state index in [2.05, 4.69) is 22.5 Å². The predicted molar refractivity (Wildman–Crippen MR) is 116 cm³/mol. The van der Waals surface area contributed by atoms with Crippen LogP contribution >= 0.6 is 0 Å². The second-order valence-electron chi connectivity index (χ2n) is 9.90. The normalized spacial score (nSPS) is 34.7. The van der Waals surface area contributed by atoms with Crippen molar-refractivity contribution in [1.82, 2.24) is 15.5 Å². The summed E-state index contributed by atoms with van der Waals surface area (Å²) in [5.74, 6) is 0.869. The van der Waals surface area contributed by atoms with Crippen LogP contribution in [0.5, 0.6) is 5.75 Å². The maximum atomic E-state index is 13.1. The van der Waals surface area contributed by atoms with E-state index in [0.717, 1.165) is 58.5 Å². The number of carbonyl (C=O) groups excluding carboxylic acids is 2. The number of rotatable bonds is 5. The Bertz CT molecular complexity index is 855. The molecule has 2 aliphatic heterocycles. The van der Waals surface area contributed by atoms with Crippen molar-refractivity contribution >= 4 is 11.8 Å². The topological polar surface area (TPSA) is 79.9 Å². The summed E-state index contributed by atoms with van der Waals surface area (Å²) >= 11 is 0. The standard InChI is InChI=1S/C24H33N3O4/c1-23-8-7-17(24(16-23)26-21(28)18-5-2-3-6-20(18)31-24)15-19(23)22(29)25-9-4-10-27-11-13-30-14-12-27/h2-3,5-6,17,19H,4,7-16H2,1H3,(H,25,29)(H,26,28). The van der Waals surface area contributed by atoms with Crippen molar-refractivity contribution in [3.63, 3.8) is 0 Å². The maximum Gasteiger partial charge on any atom is 0.258 e. The molecule has 1 spiro atoms. The van der Waals surface area contributed by atoms with Crippen LogP contribution in [-0.2, 0) is 9.53 Å². The van der Waals surface area contributed by atoms with Gasteiger partial charge in [-0.3, -0.25) is 14.5 Å². The monoisotopic (exact) mass is 427 g/mol. The van der Waals surface area contributed by atoms with Gasteiger partial charge < -0.3 is 20.1 Å². The van der Waals surface area contributed by atoms with Crippen molar-refractivity contribution in [2.24, 2.45) is 17.3 Å². The molecule has 0 aromatic heterocycles. The third-order valence-electron chi connectivity index (χ3n) is 7.87. The molecule has 3 saturated carbocycles. The van der Waals surface area contributed by atoms with Crippen molar-refractivity contribution in [1.29, 1.82) is 0 Å². The molecule has 2 heterocycles. The third kappa shape index (κ3) is 3.82. The molecule has 4 unspecified atom stereocenters. The minimum absolute atomic E-state index is 0.0297.